The van der Waals surface area contributed by atoms with Gasteiger partial charge in [0.1, 0.15) is 16.9 Å². The second-order valence-electron chi connectivity index (χ2n) is 7.50. The standard InChI is InChI=1S/C20H27N3O3/c1-5-25-17-9-8-16(15-7-6-11-21-18(15)17)22-14-10-12-23(13-14)19(24)26-20(2,3)4/h6-9,11,14,22H,5,10,12-13H2,1-4H3. The van der Waals surface area contributed by atoms with Crippen LogP contribution >= 0.6 is 0 Å². The second kappa shape index (κ2) is 7.40. The van der Waals surface area contributed by atoms with Crippen molar-refractivity contribution in [3.05, 3.63) is 30.5 Å². The van der Waals surface area contributed by atoms with Crippen molar-refractivity contribution in [2.45, 2.75) is 45.8 Å². The van der Waals surface area contributed by atoms with Gasteiger partial charge in [-0.25, -0.2) is 4.79 Å². The number of nitrogens with zero attached hydrogens (tertiary/aromatic N) is 2. The Morgan fingerprint density at radius 1 is 1.35 bits per heavy atom. The fourth-order valence-corrected chi connectivity index (χ4v) is 3.13. The summed E-state index contributed by atoms with van der Waals surface area (Å²) in [5.74, 6) is 0.787. The Morgan fingerprint density at radius 2 is 2.15 bits per heavy atom. The van der Waals surface area contributed by atoms with Crippen LogP contribution in [0.1, 0.15) is 34.1 Å². The Morgan fingerprint density at radius 3 is 2.88 bits per heavy atom. The highest BCUT2D eigenvalue weighted by Crippen LogP contribution is 2.31. The van der Waals surface area contributed by atoms with E-state index < -0.39 is 5.60 Å². The van der Waals surface area contributed by atoms with Crippen LogP contribution in [0.3, 0.4) is 0 Å². The van der Waals surface area contributed by atoms with E-state index in [1.807, 2.05) is 52.0 Å². The van der Waals surface area contributed by atoms with Gasteiger partial charge in [-0.15, -0.1) is 0 Å². The van der Waals surface area contributed by atoms with Crippen LogP contribution in [-0.2, 0) is 4.74 Å². The van der Waals surface area contributed by atoms with E-state index in [1.54, 1.807) is 11.1 Å². The van der Waals surface area contributed by atoms with Crippen molar-refractivity contribution in [2.75, 3.05) is 25.0 Å². The molecular weight excluding hydrogens is 330 g/mol. The predicted octanol–water partition coefficient (Wildman–Crippen LogP) is 4.05. The average molecular weight is 357 g/mol. The van der Waals surface area contributed by atoms with Gasteiger partial charge >= 0.3 is 6.09 Å². The minimum Gasteiger partial charge on any atom is -0.492 e. The molecule has 1 aliphatic heterocycles. The predicted molar refractivity (Wildman–Crippen MR) is 103 cm³/mol. The topological polar surface area (TPSA) is 63.7 Å². The van der Waals surface area contributed by atoms with E-state index in [9.17, 15) is 4.79 Å². The molecule has 1 aliphatic rings. The van der Waals surface area contributed by atoms with Crippen molar-refractivity contribution >= 4 is 22.7 Å². The third kappa shape index (κ3) is 4.18. The molecule has 1 amide bonds. The van der Waals surface area contributed by atoms with Gasteiger partial charge in [0.2, 0.25) is 0 Å². The molecule has 1 unspecified atom stereocenters. The summed E-state index contributed by atoms with van der Waals surface area (Å²) in [5.41, 5.74) is 1.38. The summed E-state index contributed by atoms with van der Waals surface area (Å²) >= 11 is 0. The van der Waals surface area contributed by atoms with Gasteiger partial charge in [-0.05, 0) is 58.4 Å². The van der Waals surface area contributed by atoms with Crippen molar-refractivity contribution in [1.29, 1.82) is 0 Å². The summed E-state index contributed by atoms with van der Waals surface area (Å²) < 4.78 is 11.1. The molecule has 6 nitrogen and oxygen atoms in total. The summed E-state index contributed by atoms with van der Waals surface area (Å²) in [6, 6.07) is 8.11. The van der Waals surface area contributed by atoms with Crippen LogP contribution in [0.4, 0.5) is 10.5 Å². The molecule has 0 aliphatic carbocycles. The Bertz CT molecular complexity index is 785. The van der Waals surface area contributed by atoms with Gasteiger partial charge in [-0.1, -0.05) is 0 Å². The zero-order valence-corrected chi connectivity index (χ0v) is 15.9. The summed E-state index contributed by atoms with van der Waals surface area (Å²) in [6.07, 6.45) is 2.41. The van der Waals surface area contributed by atoms with Gasteiger partial charge in [0.15, 0.2) is 0 Å². The van der Waals surface area contributed by atoms with Gasteiger partial charge in [0.05, 0.1) is 6.61 Å². The smallest absolute Gasteiger partial charge is 0.410 e. The largest absolute Gasteiger partial charge is 0.492 e. The normalized spacial score (nSPS) is 17.4. The maximum absolute atomic E-state index is 12.2. The average Bonchev–Trinajstić information content (AvgIpc) is 3.04. The maximum atomic E-state index is 12.2. The second-order valence-corrected chi connectivity index (χ2v) is 7.50. The van der Waals surface area contributed by atoms with Crippen LogP contribution in [0.15, 0.2) is 30.5 Å². The molecule has 1 N–H and O–H groups in total. The SMILES string of the molecule is CCOc1ccc(NC2CCN(C(=O)OC(C)(C)C)C2)c2cccnc12. The molecule has 140 valence electrons. The van der Waals surface area contributed by atoms with E-state index in [0.717, 1.165) is 28.8 Å². The van der Waals surface area contributed by atoms with Crippen molar-refractivity contribution in [1.82, 2.24) is 9.88 Å². The lowest BCUT2D eigenvalue weighted by Crippen LogP contribution is -2.36. The third-order valence-corrected chi connectivity index (χ3v) is 4.23. The van der Waals surface area contributed by atoms with E-state index in [1.165, 1.54) is 0 Å². The molecule has 0 bridgehead atoms. The fraction of sp³-hybridized carbons (Fsp3) is 0.500. The Labute approximate surface area is 154 Å². The molecule has 2 aromatic rings. The van der Waals surface area contributed by atoms with Crippen molar-refractivity contribution < 1.29 is 14.3 Å². The fourth-order valence-electron chi connectivity index (χ4n) is 3.13. The maximum Gasteiger partial charge on any atom is 0.410 e. The van der Waals surface area contributed by atoms with Gasteiger partial charge in [0.25, 0.3) is 0 Å². The van der Waals surface area contributed by atoms with Crippen LogP contribution in [0.25, 0.3) is 10.9 Å². The number of pyridine rings is 1. The number of anilines is 1. The number of likely N-dealkylation sites (tertiary alicyclic amines) is 1. The number of benzene rings is 1. The molecule has 1 aromatic carbocycles. The lowest BCUT2D eigenvalue weighted by Gasteiger charge is -2.24. The minimum atomic E-state index is -0.473. The van der Waals surface area contributed by atoms with E-state index in [2.05, 4.69) is 10.3 Å². The summed E-state index contributed by atoms with van der Waals surface area (Å²) in [5, 5.41) is 4.58. The highest BCUT2D eigenvalue weighted by molar-refractivity contribution is 5.95. The zero-order valence-electron chi connectivity index (χ0n) is 15.9. The molecular formula is C20H27N3O3. The first-order valence-electron chi connectivity index (χ1n) is 9.12. The van der Waals surface area contributed by atoms with Gasteiger partial charge in [0, 0.05) is 36.4 Å². The number of ether oxygens (including phenoxy) is 2. The van der Waals surface area contributed by atoms with E-state index >= 15 is 0 Å². The van der Waals surface area contributed by atoms with Crippen LogP contribution in [0.2, 0.25) is 0 Å². The molecule has 2 heterocycles. The van der Waals surface area contributed by atoms with E-state index in [0.29, 0.717) is 19.7 Å². The molecule has 1 atom stereocenters. The van der Waals surface area contributed by atoms with Crippen molar-refractivity contribution in [3.8, 4) is 5.75 Å². The monoisotopic (exact) mass is 357 g/mol. The lowest BCUT2D eigenvalue weighted by molar-refractivity contribution is 0.0293. The number of hydrogen-bond donors (Lipinski definition) is 1. The number of carbonyl (C=O) groups is 1. The van der Waals surface area contributed by atoms with E-state index in [4.69, 9.17) is 9.47 Å². The van der Waals surface area contributed by atoms with Crippen LogP contribution < -0.4 is 10.1 Å². The quantitative estimate of drug-likeness (QED) is 0.894. The van der Waals surface area contributed by atoms with Crippen LogP contribution in [0.5, 0.6) is 5.75 Å². The third-order valence-electron chi connectivity index (χ3n) is 4.23. The van der Waals surface area contributed by atoms with Crippen molar-refractivity contribution in [2.24, 2.45) is 0 Å². The summed E-state index contributed by atoms with van der Waals surface area (Å²) in [4.78, 5) is 18.5. The Balaban J connectivity index is 1.72. The Kier molecular flexibility index (Phi) is 5.20. The number of nitrogens with one attached hydrogen (secondary N) is 1. The minimum absolute atomic E-state index is 0.184. The molecule has 1 fully saturated rings. The van der Waals surface area contributed by atoms with Crippen LogP contribution in [0, 0.1) is 0 Å². The number of amides is 1. The zero-order chi connectivity index (χ0) is 18.7. The molecule has 6 heteroatoms. The van der Waals surface area contributed by atoms with E-state index in [-0.39, 0.29) is 12.1 Å². The number of aromatic nitrogens is 1. The first-order chi connectivity index (χ1) is 12.4. The molecule has 0 saturated carbocycles. The van der Waals surface area contributed by atoms with Crippen molar-refractivity contribution in [3.63, 3.8) is 0 Å². The lowest BCUT2D eigenvalue weighted by atomic mass is 10.1. The van der Waals surface area contributed by atoms with Crippen LogP contribution in [-0.4, -0.2) is 47.3 Å². The molecule has 26 heavy (non-hydrogen) atoms. The number of hydrogen-bond acceptors (Lipinski definition) is 5. The molecule has 1 aromatic heterocycles. The van der Waals surface area contributed by atoms with Gasteiger partial charge in [-0.3, -0.25) is 4.98 Å². The number of rotatable bonds is 4. The summed E-state index contributed by atoms with van der Waals surface area (Å²) in [7, 11) is 0. The molecule has 0 radical (unpaired) electrons. The molecule has 3 rings (SSSR count). The first kappa shape index (κ1) is 18.3. The highest BCUT2D eigenvalue weighted by atomic mass is 16.6. The molecule has 0 spiro atoms. The Hall–Kier alpha value is -2.50. The first-order valence-corrected chi connectivity index (χ1v) is 9.12. The molecule has 1 saturated heterocycles. The number of fused-ring (bicyclic) bond motifs is 1. The van der Waals surface area contributed by atoms with Gasteiger partial charge < -0.3 is 19.7 Å². The summed E-state index contributed by atoms with van der Waals surface area (Å²) in [6.45, 7) is 9.54. The van der Waals surface area contributed by atoms with Gasteiger partial charge in [-0.2, -0.15) is 0 Å². The number of carbonyl (C=O) groups excluding carboxylic acids is 1. The highest BCUT2D eigenvalue weighted by Gasteiger charge is 2.30.